The third kappa shape index (κ3) is 2.76. The van der Waals surface area contributed by atoms with E-state index in [2.05, 4.69) is 33.1 Å². The van der Waals surface area contributed by atoms with Gasteiger partial charge in [-0.1, -0.05) is 29.8 Å². The maximum Gasteiger partial charge on any atom is 0.149 e. The first-order valence-corrected chi connectivity index (χ1v) is 7.08. The van der Waals surface area contributed by atoms with Crippen LogP contribution in [0.1, 0.15) is 17.1 Å². The van der Waals surface area contributed by atoms with Gasteiger partial charge in [-0.3, -0.25) is 0 Å². The van der Waals surface area contributed by atoms with Gasteiger partial charge in [0.15, 0.2) is 0 Å². The number of hydrogen-bond acceptors (Lipinski definition) is 4. The van der Waals surface area contributed by atoms with Crippen LogP contribution in [0.15, 0.2) is 30.3 Å². The molecule has 0 saturated carbocycles. The van der Waals surface area contributed by atoms with Crippen molar-refractivity contribution in [1.82, 2.24) is 9.97 Å². The zero-order valence-corrected chi connectivity index (χ0v) is 12.1. The molecule has 3 rings (SSSR count). The highest BCUT2D eigenvalue weighted by molar-refractivity contribution is 6.29. The predicted molar refractivity (Wildman–Crippen MR) is 81.0 cm³/mol. The Morgan fingerprint density at radius 2 is 2.15 bits per heavy atom. The van der Waals surface area contributed by atoms with Gasteiger partial charge in [-0.2, -0.15) is 0 Å². The summed E-state index contributed by atoms with van der Waals surface area (Å²) in [6.45, 7) is 3.37. The summed E-state index contributed by atoms with van der Waals surface area (Å²) < 4.78 is 0. The molecular weight excluding hydrogens is 272 g/mol. The van der Waals surface area contributed by atoms with Crippen LogP contribution in [0.3, 0.4) is 0 Å². The molecule has 2 heterocycles. The maximum atomic E-state index is 6.14. The van der Waals surface area contributed by atoms with E-state index < -0.39 is 0 Å². The number of anilines is 1. The van der Waals surface area contributed by atoms with Crippen LogP contribution in [0, 0.1) is 6.92 Å². The molecule has 1 aliphatic heterocycles. The Labute approximate surface area is 123 Å². The SMILES string of the molecule is Cc1cc(Cl)nc(CN2CC(N)Cc3ccccc32)n1. The first kappa shape index (κ1) is 13.3. The molecule has 1 aromatic carbocycles. The fourth-order valence-corrected chi connectivity index (χ4v) is 2.96. The van der Waals surface area contributed by atoms with E-state index >= 15 is 0 Å². The van der Waals surface area contributed by atoms with Crippen LogP contribution in [0.2, 0.25) is 5.15 Å². The van der Waals surface area contributed by atoms with Crippen LogP contribution in [-0.4, -0.2) is 22.6 Å². The van der Waals surface area contributed by atoms with Gasteiger partial charge in [-0.15, -0.1) is 0 Å². The van der Waals surface area contributed by atoms with Gasteiger partial charge < -0.3 is 10.6 Å². The van der Waals surface area contributed by atoms with Gasteiger partial charge in [0.05, 0.1) is 6.54 Å². The van der Waals surface area contributed by atoms with Crippen LogP contribution in [-0.2, 0) is 13.0 Å². The molecule has 1 unspecified atom stereocenters. The quantitative estimate of drug-likeness (QED) is 0.862. The van der Waals surface area contributed by atoms with Gasteiger partial charge in [0.25, 0.3) is 0 Å². The van der Waals surface area contributed by atoms with E-state index in [9.17, 15) is 0 Å². The minimum atomic E-state index is 0.144. The topological polar surface area (TPSA) is 55.0 Å². The third-order valence-electron chi connectivity index (χ3n) is 3.47. The van der Waals surface area contributed by atoms with Gasteiger partial charge in [0.1, 0.15) is 11.0 Å². The van der Waals surface area contributed by atoms with Crippen LogP contribution in [0.4, 0.5) is 5.69 Å². The summed E-state index contributed by atoms with van der Waals surface area (Å²) >= 11 is 6.00. The summed E-state index contributed by atoms with van der Waals surface area (Å²) in [5, 5.41) is 0.488. The fraction of sp³-hybridized carbons (Fsp3) is 0.333. The minimum absolute atomic E-state index is 0.144. The van der Waals surface area contributed by atoms with E-state index in [1.54, 1.807) is 6.07 Å². The minimum Gasteiger partial charge on any atom is -0.362 e. The molecule has 0 radical (unpaired) electrons. The Morgan fingerprint density at radius 1 is 1.35 bits per heavy atom. The summed E-state index contributed by atoms with van der Waals surface area (Å²) in [5.41, 5.74) is 9.53. The second kappa shape index (κ2) is 5.38. The molecule has 1 atom stereocenters. The molecule has 4 nitrogen and oxygen atoms in total. The predicted octanol–water partition coefficient (Wildman–Crippen LogP) is 2.33. The normalized spacial score (nSPS) is 17.9. The monoisotopic (exact) mass is 288 g/mol. The molecule has 0 spiro atoms. The van der Waals surface area contributed by atoms with Crippen molar-refractivity contribution < 1.29 is 0 Å². The average molecular weight is 289 g/mol. The Hall–Kier alpha value is -1.65. The van der Waals surface area contributed by atoms with Crippen LogP contribution in [0.5, 0.6) is 0 Å². The van der Waals surface area contributed by atoms with E-state index in [4.69, 9.17) is 17.3 Å². The Kier molecular flexibility index (Phi) is 3.59. The molecule has 0 bridgehead atoms. The smallest absolute Gasteiger partial charge is 0.149 e. The van der Waals surface area contributed by atoms with E-state index in [0.29, 0.717) is 11.7 Å². The van der Waals surface area contributed by atoms with Crippen molar-refractivity contribution in [2.75, 3.05) is 11.4 Å². The lowest BCUT2D eigenvalue weighted by Crippen LogP contribution is -2.43. The van der Waals surface area contributed by atoms with Gasteiger partial charge in [0, 0.05) is 24.0 Å². The largest absolute Gasteiger partial charge is 0.362 e. The van der Waals surface area contributed by atoms with Gasteiger partial charge in [0.2, 0.25) is 0 Å². The van der Waals surface area contributed by atoms with Gasteiger partial charge >= 0.3 is 0 Å². The Morgan fingerprint density at radius 3 is 2.95 bits per heavy atom. The number of hydrogen-bond donors (Lipinski definition) is 1. The molecule has 1 aliphatic rings. The van der Waals surface area contributed by atoms with Crippen molar-refractivity contribution in [3.05, 3.63) is 52.6 Å². The summed E-state index contributed by atoms with van der Waals surface area (Å²) in [6.07, 6.45) is 0.919. The number of halogens is 1. The molecule has 1 aromatic heterocycles. The highest BCUT2D eigenvalue weighted by Gasteiger charge is 2.22. The third-order valence-corrected chi connectivity index (χ3v) is 3.66. The van der Waals surface area contributed by atoms with E-state index in [1.807, 2.05) is 13.0 Å². The molecule has 0 saturated heterocycles. The summed E-state index contributed by atoms with van der Waals surface area (Å²) in [6, 6.07) is 10.3. The molecular formula is C15H17ClN4. The second-order valence-corrected chi connectivity index (χ2v) is 5.61. The number of fused-ring (bicyclic) bond motifs is 1. The lowest BCUT2D eigenvalue weighted by atomic mass is 9.98. The van der Waals surface area contributed by atoms with Crippen molar-refractivity contribution >= 4 is 17.3 Å². The van der Waals surface area contributed by atoms with Crippen molar-refractivity contribution in [3.63, 3.8) is 0 Å². The van der Waals surface area contributed by atoms with Crippen LogP contribution >= 0.6 is 11.6 Å². The number of aromatic nitrogens is 2. The first-order chi connectivity index (χ1) is 9.61. The van der Waals surface area contributed by atoms with E-state index in [-0.39, 0.29) is 6.04 Å². The standard InChI is InChI=1S/C15H17ClN4/c1-10-6-14(16)19-15(18-10)9-20-8-12(17)7-11-4-2-3-5-13(11)20/h2-6,12H,7-9,17H2,1H3. The lowest BCUT2D eigenvalue weighted by molar-refractivity contribution is 0.591. The van der Waals surface area contributed by atoms with Crippen molar-refractivity contribution in [2.45, 2.75) is 25.9 Å². The van der Waals surface area contributed by atoms with Gasteiger partial charge in [-0.25, -0.2) is 9.97 Å². The molecule has 104 valence electrons. The number of nitrogens with two attached hydrogens (primary N) is 1. The van der Waals surface area contributed by atoms with E-state index in [0.717, 1.165) is 24.5 Å². The fourth-order valence-electron chi connectivity index (χ4n) is 2.70. The zero-order valence-electron chi connectivity index (χ0n) is 11.4. The summed E-state index contributed by atoms with van der Waals surface area (Å²) in [5.74, 6) is 0.735. The molecule has 5 heteroatoms. The van der Waals surface area contributed by atoms with E-state index in [1.165, 1.54) is 11.3 Å². The first-order valence-electron chi connectivity index (χ1n) is 6.70. The molecule has 2 N–H and O–H groups in total. The molecule has 0 aliphatic carbocycles. The molecule has 20 heavy (non-hydrogen) atoms. The van der Waals surface area contributed by atoms with Crippen molar-refractivity contribution in [1.29, 1.82) is 0 Å². The van der Waals surface area contributed by atoms with Crippen molar-refractivity contribution in [3.8, 4) is 0 Å². The molecule has 0 amide bonds. The average Bonchev–Trinajstić information content (AvgIpc) is 2.37. The number of para-hydroxylation sites is 1. The molecule has 0 fully saturated rings. The van der Waals surface area contributed by atoms with Gasteiger partial charge in [-0.05, 0) is 31.0 Å². The molecule has 2 aromatic rings. The number of rotatable bonds is 2. The summed E-state index contributed by atoms with van der Waals surface area (Å²) in [4.78, 5) is 11.0. The highest BCUT2D eigenvalue weighted by atomic mass is 35.5. The lowest BCUT2D eigenvalue weighted by Gasteiger charge is -2.34. The maximum absolute atomic E-state index is 6.14. The van der Waals surface area contributed by atoms with Crippen LogP contribution in [0.25, 0.3) is 0 Å². The zero-order chi connectivity index (χ0) is 14.1. The van der Waals surface area contributed by atoms with Crippen LogP contribution < -0.4 is 10.6 Å². The van der Waals surface area contributed by atoms with Crippen molar-refractivity contribution in [2.24, 2.45) is 5.73 Å². The number of aryl methyl sites for hydroxylation is 1. The number of benzene rings is 1. The second-order valence-electron chi connectivity index (χ2n) is 5.22. The highest BCUT2D eigenvalue weighted by Crippen LogP contribution is 2.27. The summed E-state index contributed by atoms with van der Waals surface area (Å²) in [7, 11) is 0. The number of nitrogens with zero attached hydrogens (tertiary/aromatic N) is 3. The Balaban J connectivity index is 1.91. The Bertz CT molecular complexity index is 609.